The van der Waals surface area contributed by atoms with E-state index in [2.05, 4.69) is 0 Å². The summed E-state index contributed by atoms with van der Waals surface area (Å²) < 4.78 is 0. The lowest BCUT2D eigenvalue weighted by Gasteiger charge is -1.98. The van der Waals surface area contributed by atoms with Gasteiger partial charge in [0.05, 0.1) is 0 Å². The molecule has 0 aliphatic carbocycles. The average molecular weight is 130 g/mol. The molecule has 0 unspecified atom stereocenters. The van der Waals surface area contributed by atoms with Crippen LogP contribution in [0, 0.1) is 22.5 Å². The Morgan fingerprint density at radius 1 is 1.67 bits per heavy atom. The fraction of sp³-hybridized carbons (Fsp3) is 0.833. The second kappa shape index (κ2) is 4.30. The molecule has 1 radical (unpaired) electrons. The summed E-state index contributed by atoms with van der Waals surface area (Å²) in [6.45, 7) is 4.10. The predicted molar refractivity (Wildman–Crippen MR) is 35.6 cm³/mol. The molecular weight excluding hydrogens is 118 g/mol. The van der Waals surface area contributed by atoms with Gasteiger partial charge in [-0.1, -0.05) is 13.8 Å². The van der Waals surface area contributed by atoms with Gasteiger partial charge in [-0.25, -0.2) is 0 Å². The zero-order chi connectivity index (χ0) is 7.28. The number of hydrogen-bond acceptors (Lipinski definition) is 2. The minimum absolute atomic E-state index is 0.0676. The molecule has 53 valence electrons. The molecule has 0 rings (SSSR count). The van der Waals surface area contributed by atoms with Gasteiger partial charge >= 0.3 is 0 Å². The summed E-state index contributed by atoms with van der Waals surface area (Å²) >= 11 is 0. The molecule has 0 aliphatic heterocycles. The molecule has 0 aromatic heterocycles. The molecule has 0 spiro atoms. The highest BCUT2D eigenvalue weighted by molar-refractivity contribution is 4.67. The molecule has 0 heterocycles. The first-order chi connectivity index (χ1) is 4.13. The Balaban J connectivity index is 3.01. The summed E-state index contributed by atoms with van der Waals surface area (Å²) in [6, 6.07) is 0. The smallest absolute Gasteiger partial charge is 0.204 e. The molecule has 0 aromatic carbocycles. The molecule has 0 fully saturated rings. The molecule has 9 heavy (non-hydrogen) atoms. The molecule has 0 saturated carbocycles. The van der Waals surface area contributed by atoms with Gasteiger partial charge in [0.15, 0.2) is 0 Å². The number of hydrogen-bond donors (Lipinski definition) is 0. The van der Waals surface area contributed by atoms with E-state index in [0.717, 1.165) is 0 Å². The van der Waals surface area contributed by atoms with Crippen LogP contribution in [0.3, 0.4) is 0 Å². The first-order valence-corrected chi connectivity index (χ1v) is 3.08. The Morgan fingerprint density at radius 3 is 2.56 bits per heavy atom. The van der Waals surface area contributed by atoms with Crippen LogP contribution in [0.5, 0.6) is 0 Å². The first kappa shape index (κ1) is 8.40. The van der Waals surface area contributed by atoms with Gasteiger partial charge < -0.3 is 0 Å². The van der Waals surface area contributed by atoms with Gasteiger partial charge in [-0.05, 0) is 12.3 Å². The number of nitrogens with zero attached hydrogens (tertiary/aromatic N) is 1. The summed E-state index contributed by atoms with van der Waals surface area (Å²) in [6.07, 6.45) is 2.54. The van der Waals surface area contributed by atoms with E-state index in [0.29, 0.717) is 12.3 Å². The summed E-state index contributed by atoms with van der Waals surface area (Å²) in [4.78, 5) is 9.47. The van der Waals surface area contributed by atoms with E-state index in [9.17, 15) is 10.1 Å². The Hall–Kier alpha value is -0.600. The van der Waals surface area contributed by atoms with Crippen LogP contribution < -0.4 is 0 Å². The van der Waals surface area contributed by atoms with Crippen molar-refractivity contribution in [2.45, 2.75) is 20.3 Å². The lowest BCUT2D eigenvalue weighted by molar-refractivity contribution is -0.479. The molecule has 0 saturated heterocycles. The van der Waals surface area contributed by atoms with Crippen molar-refractivity contribution in [3.63, 3.8) is 0 Å². The lowest BCUT2D eigenvalue weighted by atomic mass is 10.1. The molecule has 0 N–H and O–H groups in total. The molecule has 3 nitrogen and oxygen atoms in total. The van der Waals surface area contributed by atoms with Crippen LogP contribution in [-0.2, 0) is 0 Å². The Bertz CT molecular complexity index is 91.1. The highest BCUT2D eigenvalue weighted by atomic mass is 16.6. The minimum Gasteiger partial charge on any atom is -0.265 e. The van der Waals surface area contributed by atoms with Gasteiger partial charge in [0.25, 0.3) is 0 Å². The van der Waals surface area contributed by atoms with Crippen LogP contribution >= 0.6 is 0 Å². The molecule has 3 heteroatoms. The molecule has 0 aliphatic rings. The Morgan fingerprint density at radius 2 is 2.22 bits per heavy atom. The van der Waals surface area contributed by atoms with Crippen molar-refractivity contribution >= 4 is 0 Å². The summed E-state index contributed by atoms with van der Waals surface area (Å²) in [5.74, 6) is 0.463. The number of rotatable bonds is 4. The van der Waals surface area contributed by atoms with Crippen LogP contribution in [0.4, 0.5) is 0 Å². The van der Waals surface area contributed by atoms with E-state index in [1.807, 2.05) is 20.3 Å². The van der Waals surface area contributed by atoms with E-state index in [1.165, 1.54) is 0 Å². The maximum Gasteiger partial charge on any atom is 0.204 e. The first-order valence-electron chi connectivity index (χ1n) is 3.08. The third-order valence-electron chi connectivity index (χ3n) is 0.950. The standard InChI is InChI=1S/C6H12NO2/c1-6(2)4-3-5-7(8)9/h4,6H,3,5H2,1-2H3. The van der Waals surface area contributed by atoms with Gasteiger partial charge in [0.2, 0.25) is 6.54 Å². The van der Waals surface area contributed by atoms with E-state index < -0.39 is 0 Å². The van der Waals surface area contributed by atoms with Gasteiger partial charge in [-0.2, -0.15) is 0 Å². The van der Waals surface area contributed by atoms with E-state index in [1.54, 1.807) is 0 Å². The monoisotopic (exact) mass is 130 g/mol. The fourth-order valence-corrected chi connectivity index (χ4v) is 0.513. The second-order valence-electron chi connectivity index (χ2n) is 2.32. The quantitative estimate of drug-likeness (QED) is 0.427. The largest absolute Gasteiger partial charge is 0.265 e. The second-order valence-corrected chi connectivity index (χ2v) is 2.32. The van der Waals surface area contributed by atoms with Crippen molar-refractivity contribution in [2.75, 3.05) is 6.54 Å². The third kappa shape index (κ3) is 7.40. The van der Waals surface area contributed by atoms with Crippen molar-refractivity contribution < 1.29 is 4.92 Å². The van der Waals surface area contributed by atoms with Crippen molar-refractivity contribution in [1.82, 2.24) is 0 Å². The van der Waals surface area contributed by atoms with Crippen LogP contribution in [0.25, 0.3) is 0 Å². The van der Waals surface area contributed by atoms with Gasteiger partial charge in [-0.3, -0.25) is 10.1 Å². The third-order valence-corrected chi connectivity index (χ3v) is 0.950. The number of nitro groups is 1. The van der Waals surface area contributed by atoms with E-state index in [4.69, 9.17) is 0 Å². The van der Waals surface area contributed by atoms with Crippen molar-refractivity contribution in [1.29, 1.82) is 0 Å². The van der Waals surface area contributed by atoms with Crippen LogP contribution in [0.2, 0.25) is 0 Å². The highest BCUT2D eigenvalue weighted by Gasteiger charge is 1.98. The zero-order valence-corrected chi connectivity index (χ0v) is 5.83. The SMILES string of the molecule is CC(C)[CH]CC[N+](=O)[O-]. The molecule has 0 atom stereocenters. The average Bonchev–Trinajstić information content (AvgIpc) is 1.63. The van der Waals surface area contributed by atoms with Crippen LogP contribution in [0.15, 0.2) is 0 Å². The van der Waals surface area contributed by atoms with Crippen molar-refractivity contribution in [2.24, 2.45) is 5.92 Å². The van der Waals surface area contributed by atoms with Crippen LogP contribution in [-0.4, -0.2) is 11.5 Å². The van der Waals surface area contributed by atoms with Crippen molar-refractivity contribution in [3.05, 3.63) is 16.5 Å². The van der Waals surface area contributed by atoms with Crippen molar-refractivity contribution in [3.8, 4) is 0 Å². The van der Waals surface area contributed by atoms with Gasteiger partial charge in [0, 0.05) is 11.3 Å². The van der Waals surface area contributed by atoms with E-state index >= 15 is 0 Å². The fourth-order valence-electron chi connectivity index (χ4n) is 0.513. The molecule has 0 bridgehead atoms. The molecule has 0 aromatic rings. The summed E-state index contributed by atoms with van der Waals surface area (Å²) in [7, 11) is 0. The molecular formula is C6H12NO2. The van der Waals surface area contributed by atoms with Gasteiger partial charge in [-0.15, -0.1) is 0 Å². The van der Waals surface area contributed by atoms with Crippen LogP contribution in [0.1, 0.15) is 20.3 Å². The topological polar surface area (TPSA) is 43.1 Å². The maximum absolute atomic E-state index is 9.77. The normalized spacial score (nSPS) is 10.1. The Labute approximate surface area is 55.2 Å². The highest BCUT2D eigenvalue weighted by Crippen LogP contribution is 2.00. The summed E-state index contributed by atoms with van der Waals surface area (Å²) in [5, 5.41) is 9.77. The minimum atomic E-state index is -0.293. The summed E-state index contributed by atoms with van der Waals surface area (Å²) in [5.41, 5.74) is 0. The Kier molecular flexibility index (Phi) is 4.01. The lowest BCUT2D eigenvalue weighted by Crippen LogP contribution is -2.02. The van der Waals surface area contributed by atoms with E-state index in [-0.39, 0.29) is 11.5 Å². The predicted octanol–water partition coefficient (Wildman–Crippen LogP) is 1.51. The maximum atomic E-state index is 9.77. The molecule has 0 amide bonds. The zero-order valence-electron chi connectivity index (χ0n) is 5.83. The van der Waals surface area contributed by atoms with Gasteiger partial charge in [0.1, 0.15) is 0 Å².